The fourth-order valence-corrected chi connectivity index (χ4v) is 10.3. The Balaban J connectivity index is 1.28. The van der Waals surface area contributed by atoms with E-state index in [9.17, 15) is 15.3 Å². The quantitative estimate of drug-likeness (QED) is 0.526. The molecule has 0 aromatic rings. The summed E-state index contributed by atoms with van der Waals surface area (Å²) in [5.41, 5.74) is 0.146. The molecule has 0 aromatic carbocycles. The van der Waals surface area contributed by atoms with Crippen LogP contribution in [0.4, 0.5) is 0 Å². The Labute approximate surface area is 193 Å². The van der Waals surface area contributed by atoms with E-state index in [1.54, 1.807) is 0 Å². The third-order valence-corrected chi connectivity index (χ3v) is 12.0. The maximum absolute atomic E-state index is 11.3. The van der Waals surface area contributed by atoms with Gasteiger partial charge in [-0.15, -0.1) is 0 Å². The normalized spacial score (nSPS) is 64.0. The maximum atomic E-state index is 11.3. The molecule has 14 atom stereocenters. The minimum atomic E-state index is -0.692. The Bertz CT molecular complexity index is 748. The molecule has 4 aliphatic carbocycles. The monoisotopic (exact) mass is 448 g/mol. The van der Waals surface area contributed by atoms with Crippen molar-refractivity contribution in [3.05, 3.63) is 0 Å². The van der Waals surface area contributed by atoms with Gasteiger partial charge in [-0.1, -0.05) is 27.7 Å². The summed E-state index contributed by atoms with van der Waals surface area (Å²) in [6, 6.07) is 0. The zero-order chi connectivity index (χ0) is 22.6. The van der Waals surface area contributed by atoms with Crippen LogP contribution >= 0.6 is 0 Å². The van der Waals surface area contributed by atoms with E-state index < -0.39 is 12.2 Å². The highest BCUT2D eigenvalue weighted by Gasteiger charge is 2.70. The molecule has 2 heterocycles. The number of aliphatic hydroxyl groups excluding tert-OH is 3. The number of hydrogen-bond acceptors (Lipinski definition) is 5. The first kappa shape index (κ1) is 22.3. The summed E-state index contributed by atoms with van der Waals surface area (Å²) in [5.74, 6) is 2.86. The van der Waals surface area contributed by atoms with Crippen LogP contribution < -0.4 is 0 Å². The summed E-state index contributed by atoms with van der Waals surface area (Å²) in [7, 11) is 0. The van der Waals surface area contributed by atoms with Crippen LogP contribution in [-0.4, -0.2) is 52.1 Å². The maximum Gasteiger partial charge on any atom is 0.171 e. The lowest BCUT2D eigenvalue weighted by molar-refractivity contribution is -0.273. The van der Waals surface area contributed by atoms with Crippen molar-refractivity contribution in [2.45, 2.75) is 109 Å². The van der Waals surface area contributed by atoms with Gasteiger partial charge in [0.2, 0.25) is 0 Å². The van der Waals surface area contributed by atoms with Gasteiger partial charge in [-0.3, -0.25) is 0 Å². The summed E-state index contributed by atoms with van der Waals surface area (Å²) < 4.78 is 13.3. The molecule has 0 aromatic heterocycles. The topological polar surface area (TPSA) is 79.2 Å². The van der Waals surface area contributed by atoms with Gasteiger partial charge in [0.25, 0.3) is 0 Å². The van der Waals surface area contributed by atoms with Gasteiger partial charge in [-0.05, 0) is 91.3 Å². The molecule has 5 heteroatoms. The highest BCUT2D eigenvalue weighted by atomic mass is 16.7. The average Bonchev–Trinajstić information content (AvgIpc) is 3.18. The van der Waals surface area contributed by atoms with Gasteiger partial charge in [0.1, 0.15) is 0 Å². The molecule has 5 nitrogen and oxygen atoms in total. The molecule has 4 saturated carbocycles. The van der Waals surface area contributed by atoms with E-state index in [0.717, 1.165) is 25.9 Å². The van der Waals surface area contributed by atoms with Gasteiger partial charge < -0.3 is 24.8 Å². The molecule has 2 aliphatic heterocycles. The van der Waals surface area contributed by atoms with Gasteiger partial charge in [0.05, 0.1) is 31.0 Å². The van der Waals surface area contributed by atoms with Gasteiger partial charge in [-0.25, -0.2) is 0 Å². The third-order valence-electron chi connectivity index (χ3n) is 12.0. The summed E-state index contributed by atoms with van der Waals surface area (Å²) in [6.45, 7) is 10.3. The smallest absolute Gasteiger partial charge is 0.171 e. The van der Waals surface area contributed by atoms with E-state index in [0.29, 0.717) is 48.3 Å². The molecule has 0 radical (unpaired) electrons. The predicted molar refractivity (Wildman–Crippen MR) is 121 cm³/mol. The fraction of sp³-hybridized carbons (Fsp3) is 1.00. The second-order valence-electron chi connectivity index (χ2n) is 13.4. The molecule has 0 amide bonds. The first-order valence-electron chi connectivity index (χ1n) is 13.4. The van der Waals surface area contributed by atoms with Crippen LogP contribution in [0.3, 0.4) is 0 Å². The van der Waals surface area contributed by atoms with Crippen molar-refractivity contribution < 1.29 is 24.8 Å². The van der Waals surface area contributed by atoms with Crippen LogP contribution in [0.2, 0.25) is 0 Å². The van der Waals surface area contributed by atoms with Crippen LogP contribution in [0.5, 0.6) is 0 Å². The summed E-state index contributed by atoms with van der Waals surface area (Å²) >= 11 is 0. The zero-order valence-electron chi connectivity index (χ0n) is 20.4. The minimum absolute atomic E-state index is 0.0870. The molecule has 2 saturated heterocycles. The molecule has 0 unspecified atom stereocenters. The predicted octanol–water partition coefficient (Wildman–Crippen LogP) is 3.74. The zero-order valence-corrected chi connectivity index (χ0v) is 20.4. The number of aliphatic hydroxyl groups is 3. The molecule has 6 fully saturated rings. The SMILES string of the molecule is C[C@@H]1CC[C@@]2(OC1)O[C@H]1C[C@H]3[C@@H]4C[C@H](O)[C@H]5C[C@@H](O)[C@H](O)C[C@]5(C)[C@H]4CC[C@]3(C)[C@H]1[C@@H]2C. The standard InChI is InChI=1S/C27H44O5/c1-14-5-8-27(31-13-14)15(2)24-23(32-27)11-18-16-9-20(28)19-10-21(29)22(30)12-26(19,4)17(16)6-7-25(18,24)3/h14-24,28-30H,5-13H2,1-4H3/t14-,15+,16-,17+,18+,19-,20+,21-,22-,23+,24+,25+,26-,27-/m1/s1. The lowest BCUT2D eigenvalue weighted by atomic mass is 9.43. The van der Waals surface area contributed by atoms with E-state index in [2.05, 4.69) is 27.7 Å². The van der Waals surface area contributed by atoms with E-state index in [-0.39, 0.29) is 34.7 Å². The van der Waals surface area contributed by atoms with Crippen molar-refractivity contribution in [2.24, 2.45) is 52.3 Å². The van der Waals surface area contributed by atoms with Crippen molar-refractivity contribution in [1.82, 2.24) is 0 Å². The van der Waals surface area contributed by atoms with Gasteiger partial charge >= 0.3 is 0 Å². The molecular weight excluding hydrogens is 404 g/mol. The Hall–Kier alpha value is -0.200. The Morgan fingerprint density at radius 3 is 2.28 bits per heavy atom. The molecule has 6 aliphatic rings. The van der Waals surface area contributed by atoms with Crippen molar-refractivity contribution in [2.75, 3.05) is 6.61 Å². The van der Waals surface area contributed by atoms with Crippen molar-refractivity contribution in [1.29, 1.82) is 0 Å². The van der Waals surface area contributed by atoms with Crippen LogP contribution in [0.15, 0.2) is 0 Å². The molecule has 1 spiro atoms. The minimum Gasteiger partial charge on any atom is -0.393 e. The lowest BCUT2D eigenvalue weighted by Crippen LogP contribution is -2.61. The summed E-state index contributed by atoms with van der Waals surface area (Å²) in [5, 5.41) is 32.1. The Morgan fingerprint density at radius 1 is 0.781 bits per heavy atom. The third kappa shape index (κ3) is 2.81. The summed E-state index contributed by atoms with van der Waals surface area (Å²) in [6.07, 6.45) is 6.22. The first-order valence-corrected chi connectivity index (χ1v) is 13.4. The van der Waals surface area contributed by atoms with Gasteiger partial charge in [0.15, 0.2) is 5.79 Å². The van der Waals surface area contributed by atoms with Crippen LogP contribution in [-0.2, 0) is 9.47 Å². The number of rotatable bonds is 0. The molecular formula is C27H44O5. The molecule has 6 rings (SSSR count). The van der Waals surface area contributed by atoms with E-state index >= 15 is 0 Å². The molecule has 32 heavy (non-hydrogen) atoms. The molecule has 182 valence electrons. The summed E-state index contributed by atoms with van der Waals surface area (Å²) in [4.78, 5) is 0. The van der Waals surface area contributed by atoms with Crippen molar-refractivity contribution in [3.63, 3.8) is 0 Å². The van der Waals surface area contributed by atoms with Crippen molar-refractivity contribution in [3.8, 4) is 0 Å². The van der Waals surface area contributed by atoms with Gasteiger partial charge in [-0.2, -0.15) is 0 Å². The van der Waals surface area contributed by atoms with E-state index in [1.165, 1.54) is 19.3 Å². The Morgan fingerprint density at radius 2 is 1.56 bits per heavy atom. The molecule has 0 bridgehead atoms. The second-order valence-corrected chi connectivity index (χ2v) is 13.4. The Kier molecular flexibility index (Phi) is 4.99. The highest BCUT2D eigenvalue weighted by Crippen LogP contribution is 2.71. The van der Waals surface area contributed by atoms with Crippen LogP contribution in [0.1, 0.15) is 79.1 Å². The van der Waals surface area contributed by atoms with Crippen LogP contribution in [0, 0.1) is 52.3 Å². The lowest BCUT2D eigenvalue weighted by Gasteiger charge is -2.62. The number of hydrogen-bond donors (Lipinski definition) is 3. The van der Waals surface area contributed by atoms with Crippen LogP contribution in [0.25, 0.3) is 0 Å². The van der Waals surface area contributed by atoms with E-state index in [4.69, 9.17) is 9.47 Å². The van der Waals surface area contributed by atoms with Crippen molar-refractivity contribution >= 4 is 0 Å². The number of fused-ring (bicyclic) bond motifs is 7. The largest absolute Gasteiger partial charge is 0.393 e. The fourth-order valence-electron chi connectivity index (χ4n) is 10.3. The highest BCUT2D eigenvalue weighted by molar-refractivity contribution is 5.16. The first-order chi connectivity index (χ1) is 15.1. The number of ether oxygens (including phenoxy) is 2. The molecule has 3 N–H and O–H groups in total. The van der Waals surface area contributed by atoms with Gasteiger partial charge in [0, 0.05) is 12.3 Å². The second kappa shape index (κ2) is 7.16. The average molecular weight is 449 g/mol. The van der Waals surface area contributed by atoms with E-state index in [1.807, 2.05) is 0 Å².